The number of halogens is 4. The summed E-state index contributed by atoms with van der Waals surface area (Å²) in [4.78, 5) is 29.1. The highest BCUT2D eigenvalue weighted by atomic mass is 32.2. The SMILES string of the molecule is O=C(O)C(F)(F)SOO[O-].O=C(OC1C2CC3C1OS(=O)(=O)C3C2)C(F)(F)SOO[O-].O=S1(=O)OC2C(O)C3CC2C1C3.c1ccc([S+](c2ccccc2)c2ccccc2)cc1.c1ccc([S+](c2ccccc2)c2ccccc2)cc1. The highest BCUT2D eigenvalue weighted by Crippen LogP contribution is 2.56. The fraction of sp³-hybridized carbons (Fsp3) is 0.296. The summed E-state index contributed by atoms with van der Waals surface area (Å²) in [5.41, 5.74) is 0. The van der Waals surface area contributed by atoms with Crippen LogP contribution < -0.4 is 10.5 Å². The average Bonchev–Trinajstić information content (AvgIpc) is 4.17. The minimum Gasteiger partial charge on any atom is -0.691 e. The van der Waals surface area contributed by atoms with E-state index in [1.54, 1.807) is 0 Å². The van der Waals surface area contributed by atoms with Gasteiger partial charge in [0.1, 0.15) is 42.4 Å². The van der Waals surface area contributed by atoms with Gasteiger partial charge in [0, 0.05) is 17.8 Å². The van der Waals surface area contributed by atoms with E-state index in [4.69, 9.17) is 23.5 Å². The van der Waals surface area contributed by atoms with Gasteiger partial charge in [-0.15, -0.1) is 0 Å². The van der Waals surface area contributed by atoms with E-state index < -0.39 is 96.4 Å². The standard InChI is InChI=1S/2C18H15S.C9H10F2O8S2.C7H10O4S.C2H2F2O5S/c2*1-4-10-16(11-5-1)19(17-12-6-2-7-13-17)18-14-8-3-9-15-18;10-9(11,20-19-18-13)8(12)16-6-3-1-4-5(2-3)21(14,15)17-7(4)6;8-6-3-1-4-5(2-3)12(9,10)11-7(4)6;3-2(4,1(5)6)10-9-8-7/h2*1-15H;3-7,13H,1-2H2;3-8H,1-2H2;7H,(H,5,6)/q2*+1;;;/p-2. The molecule has 4 saturated carbocycles. The van der Waals surface area contributed by atoms with Crippen LogP contribution in [-0.2, 0) is 83.5 Å². The van der Waals surface area contributed by atoms with Crippen LogP contribution in [0.4, 0.5) is 17.6 Å². The van der Waals surface area contributed by atoms with Gasteiger partial charge in [-0.05, 0) is 104 Å². The largest absolute Gasteiger partial charge is 0.691 e. The van der Waals surface area contributed by atoms with Gasteiger partial charge in [0.05, 0.1) is 38.4 Å². The lowest BCUT2D eigenvalue weighted by Gasteiger charge is -2.26. The maximum Gasteiger partial charge on any atom is 0.415 e. The van der Waals surface area contributed by atoms with Gasteiger partial charge in [-0.2, -0.15) is 43.1 Å². The van der Waals surface area contributed by atoms with Crippen molar-refractivity contribution in [1.82, 2.24) is 0 Å². The molecule has 17 nitrogen and oxygen atoms in total. The van der Waals surface area contributed by atoms with Crippen LogP contribution in [0.15, 0.2) is 211 Å². The van der Waals surface area contributed by atoms with Crippen molar-refractivity contribution in [2.24, 2.45) is 23.7 Å². The summed E-state index contributed by atoms with van der Waals surface area (Å²) in [5.74, 6) is -4.76. The maximum atomic E-state index is 13.3. The predicted octanol–water partition coefficient (Wildman–Crippen LogP) is 8.08. The molecule has 0 spiro atoms. The quantitative estimate of drug-likeness (QED) is 0.0187. The van der Waals surface area contributed by atoms with Crippen molar-refractivity contribution in [3.8, 4) is 0 Å². The molecule has 10 atom stereocenters. The van der Waals surface area contributed by atoms with Gasteiger partial charge < -0.3 is 25.5 Å². The first-order valence-corrected chi connectivity index (χ1v) is 31.4. The molecule has 4 aliphatic carbocycles. The smallest absolute Gasteiger partial charge is 0.415 e. The molecule has 81 heavy (non-hydrogen) atoms. The second kappa shape index (κ2) is 27.5. The molecule has 6 aromatic rings. The number of aliphatic hydroxyl groups excluding tert-OH is 1. The molecule has 2 N–H and O–H groups in total. The zero-order chi connectivity index (χ0) is 58.0. The second-order valence-corrected chi connectivity index (χ2v) is 27.9. The van der Waals surface area contributed by atoms with Crippen LogP contribution in [0.3, 0.4) is 0 Å². The van der Waals surface area contributed by atoms with Crippen LogP contribution in [0, 0.1) is 23.7 Å². The van der Waals surface area contributed by atoms with E-state index in [1.807, 2.05) is 0 Å². The summed E-state index contributed by atoms with van der Waals surface area (Å²) >= 11 is -1.67. The average molecular weight is 1240 g/mol. The lowest BCUT2D eigenvalue weighted by molar-refractivity contribution is -0.777. The molecule has 2 heterocycles. The molecule has 4 bridgehead atoms. The summed E-state index contributed by atoms with van der Waals surface area (Å²) < 4.78 is 117. The van der Waals surface area contributed by atoms with Crippen molar-refractivity contribution in [2.45, 2.75) is 100 Å². The summed E-state index contributed by atoms with van der Waals surface area (Å²) in [5, 5.41) is 31.6. The zero-order valence-corrected chi connectivity index (χ0v) is 46.8. The third kappa shape index (κ3) is 15.0. The monoisotopic (exact) mass is 1240 g/mol. The number of hydrogen-bond acceptors (Lipinski definition) is 18. The molecular formula is C54H50F4O17S6. The van der Waals surface area contributed by atoms with Gasteiger partial charge in [-0.3, -0.25) is 18.4 Å². The highest BCUT2D eigenvalue weighted by Gasteiger charge is 2.66. The van der Waals surface area contributed by atoms with Crippen molar-refractivity contribution >= 4 is 78.1 Å². The lowest BCUT2D eigenvalue weighted by Crippen LogP contribution is -2.41. The fourth-order valence-corrected chi connectivity index (χ4v) is 18.9. The highest BCUT2D eigenvalue weighted by molar-refractivity contribution is 7.97. The van der Waals surface area contributed by atoms with E-state index >= 15 is 0 Å². The molecule has 6 aliphatic rings. The first-order chi connectivity index (χ1) is 38.8. The summed E-state index contributed by atoms with van der Waals surface area (Å²) in [6.07, 6.45) is -0.815. The second-order valence-electron chi connectivity index (χ2n) is 18.6. The van der Waals surface area contributed by atoms with E-state index in [1.165, 1.54) is 29.4 Å². The number of alkyl halides is 4. The molecule has 12 rings (SSSR count). The minimum absolute atomic E-state index is 0.0146. The molecule has 2 aliphatic heterocycles. The van der Waals surface area contributed by atoms with Gasteiger partial charge in [0.2, 0.25) is 0 Å². The van der Waals surface area contributed by atoms with Gasteiger partial charge >= 0.3 is 22.4 Å². The van der Waals surface area contributed by atoms with Gasteiger partial charge in [0.15, 0.2) is 29.4 Å². The minimum atomic E-state index is -4.16. The van der Waals surface area contributed by atoms with E-state index in [0.717, 1.165) is 6.42 Å². The number of ether oxygens (including phenoxy) is 1. The third-order valence-electron chi connectivity index (χ3n) is 13.8. The van der Waals surface area contributed by atoms with Crippen LogP contribution in [-0.4, -0.2) is 84.4 Å². The van der Waals surface area contributed by atoms with Crippen molar-refractivity contribution in [3.63, 3.8) is 0 Å². The number of rotatable bonds is 15. The number of aliphatic carboxylic acids is 1. The number of carboxylic acid groups (broad SMARTS) is 1. The number of carbonyl (C=O) groups is 2. The fourth-order valence-electron chi connectivity index (χ4n) is 10.5. The van der Waals surface area contributed by atoms with Crippen molar-refractivity contribution in [2.75, 3.05) is 0 Å². The first kappa shape index (κ1) is 62.0. The molecule has 2 saturated heterocycles. The third-order valence-corrected chi connectivity index (χ3v) is 22.8. The van der Waals surface area contributed by atoms with E-state index in [2.05, 4.69) is 201 Å². The number of aliphatic hydroxyl groups is 1. The normalized spacial score (nSPS) is 25.5. The van der Waals surface area contributed by atoms with E-state index in [0.29, 0.717) is 12.8 Å². The van der Waals surface area contributed by atoms with Gasteiger partial charge in [-0.25, -0.2) is 9.59 Å². The first-order valence-electron chi connectivity index (χ1n) is 24.6. The maximum absolute atomic E-state index is 13.3. The molecule has 6 aromatic carbocycles. The Hall–Kier alpha value is -5.08. The Kier molecular flexibility index (Phi) is 21.1. The number of esters is 1. The number of hydrogen-bond donors (Lipinski definition) is 2. The van der Waals surface area contributed by atoms with Crippen LogP contribution >= 0.6 is 24.1 Å². The molecular weight excluding hydrogens is 1190 g/mol. The number of carboxylic acids is 1. The number of carbonyl (C=O) groups excluding carboxylic acids is 1. The topological polar surface area (TPSA) is 254 Å². The van der Waals surface area contributed by atoms with Crippen molar-refractivity contribution in [1.29, 1.82) is 0 Å². The van der Waals surface area contributed by atoms with Crippen LogP contribution in [0.1, 0.15) is 25.7 Å². The molecule has 432 valence electrons. The Balaban J connectivity index is 0.000000136. The van der Waals surface area contributed by atoms with Crippen LogP contribution in [0.25, 0.3) is 0 Å². The van der Waals surface area contributed by atoms with Gasteiger partial charge in [-0.1, -0.05) is 109 Å². The molecule has 10 unspecified atom stereocenters. The number of fused-ring (bicyclic) bond motifs is 2. The van der Waals surface area contributed by atoms with E-state index in [-0.39, 0.29) is 57.1 Å². The lowest BCUT2D eigenvalue weighted by atomic mass is 9.94. The zero-order valence-electron chi connectivity index (χ0n) is 41.9. The van der Waals surface area contributed by atoms with Crippen LogP contribution in [0.2, 0.25) is 0 Å². The Morgan fingerprint density at radius 3 is 1.14 bits per heavy atom. The van der Waals surface area contributed by atoms with Crippen molar-refractivity contribution in [3.05, 3.63) is 182 Å². The van der Waals surface area contributed by atoms with E-state index in [9.17, 15) is 54.4 Å². The van der Waals surface area contributed by atoms with Gasteiger partial charge in [0.25, 0.3) is 20.2 Å². The number of benzene rings is 6. The Bertz CT molecular complexity index is 2900. The molecule has 27 heteroatoms. The summed E-state index contributed by atoms with van der Waals surface area (Å²) in [6, 6.07) is 64.3. The van der Waals surface area contributed by atoms with Crippen LogP contribution in [0.5, 0.6) is 0 Å². The Morgan fingerprint density at radius 1 is 0.506 bits per heavy atom. The van der Waals surface area contributed by atoms with Crippen molar-refractivity contribution < 1.29 is 96.6 Å². The molecule has 0 radical (unpaired) electrons. The Labute approximate surface area is 477 Å². The Morgan fingerprint density at radius 2 is 0.815 bits per heavy atom. The summed E-state index contributed by atoms with van der Waals surface area (Å²) in [7, 11) is -7.07. The molecule has 0 aromatic heterocycles. The molecule has 6 fully saturated rings. The summed E-state index contributed by atoms with van der Waals surface area (Å²) in [6.45, 7) is 0. The predicted molar refractivity (Wildman–Crippen MR) is 284 cm³/mol. The molecule has 0 amide bonds.